The minimum Gasteiger partial charge on any atom is -0.435 e. The lowest BCUT2D eigenvalue weighted by Crippen LogP contribution is -2.18. The number of benzene rings is 1. The molecule has 1 rings (SSSR count). The maximum absolute atomic E-state index is 12.0. The van der Waals surface area contributed by atoms with E-state index in [1.807, 2.05) is 0 Å². The van der Waals surface area contributed by atoms with Crippen LogP contribution in [0.2, 0.25) is 0 Å². The molecule has 1 aromatic carbocycles. The Labute approximate surface area is 107 Å². The van der Waals surface area contributed by atoms with Gasteiger partial charge in [0.25, 0.3) is 0 Å². The highest BCUT2D eigenvalue weighted by molar-refractivity contribution is 5.47. The van der Waals surface area contributed by atoms with Crippen molar-refractivity contribution < 1.29 is 13.5 Å². The Kier molecular flexibility index (Phi) is 6.47. The van der Waals surface area contributed by atoms with Gasteiger partial charge in [0.05, 0.1) is 0 Å². The van der Waals surface area contributed by atoms with E-state index >= 15 is 0 Å². The Morgan fingerprint density at radius 2 is 1.83 bits per heavy atom. The third-order valence-electron chi connectivity index (χ3n) is 2.85. The molecule has 0 amide bonds. The van der Waals surface area contributed by atoms with E-state index in [0.29, 0.717) is 6.04 Å². The summed E-state index contributed by atoms with van der Waals surface area (Å²) in [6.07, 6.45) is 4.55. The van der Waals surface area contributed by atoms with Crippen LogP contribution in [0.4, 0.5) is 14.5 Å². The quantitative estimate of drug-likeness (QED) is 0.730. The second kappa shape index (κ2) is 7.90. The van der Waals surface area contributed by atoms with E-state index in [4.69, 9.17) is 0 Å². The second-order valence-corrected chi connectivity index (χ2v) is 4.29. The van der Waals surface area contributed by atoms with Crippen LogP contribution >= 0.6 is 0 Å². The highest BCUT2D eigenvalue weighted by atomic mass is 19.3. The average molecular weight is 257 g/mol. The van der Waals surface area contributed by atoms with E-state index in [-0.39, 0.29) is 5.75 Å². The fourth-order valence-electron chi connectivity index (χ4n) is 1.80. The lowest BCUT2D eigenvalue weighted by Gasteiger charge is -2.18. The van der Waals surface area contributed by atoms with Crippen molar-refractivity contribution in [3.05, 3.63) is 24.3 Å². The lowest BCUT2D eigenvalue weighted by molar-refractivity contribution is -0.0498. The molecular weight excluding hydrogens is 236 g/mol. The Bertz CT molecular complexity index is 327. The van der Waals surface area contributed by atoms with E-state index in [1.54, 1.807) is 24.3 Å². The van der Waals surface area contributed by atoms with Crippen molar-refractivity contribution in [3.8, 4) is 5.75 Å². The fourth-order valence-corrected chi connectivity index (χ4v) is 1.80. The van der Waals surface area contributed by atoms with E-state index in [1.165, 1.54) is 12.8 Å². The summed E-state index contributed by atoms with van der Waals surface area (Å²) >= 11 is 0. The molecule has 0 aromatic heterocycles. The van der Waals surface area contributed by atoms with Crippen molar-refractivity contribution in [1.29, 1.82) is 0 Å². The van der Waals surface area contributed by atoms with Crippen LogP contribution in [0.1, 0.15) is 39.5 Å². The van der Waals surface area contributed by atoms with Crippen molar-refractivity contribution in [1.82, 2.24) is 0 Å². The number of ether oxygens (including phenoxy) is 1. The molecular formula is C14H21F2NO. The first-order chi connectivity index (χ1) is 8.65. The average Bonchev–Trinajstić information content (AvgIpc) is 2.36. The number of halogens is 2. The van der Waals surface area contributed by atoms with Gasteiger partial charge in [0, 0.05) is 11.7 Å². The van der Waals surface area contributed by atoms with Gasteiger partial charge in [0.2, 0.25) is 0 Å². The van der Waals surface area contributed by atoms with Gasteiger partial charge in [-0.05, 0) is 37.1 Å². The van der Waals surface area contributed by atoms with E-state index in [9.17, 15) is 8.78 Å². The maximum atomic E-state index is 12.0. The van der Waals surface area contributed by atoms with Gasteiger partial charge in [-0.25, -0.2) is 0 Å². The number of anilines is 1. The second-order valence-electron chi connectivity index (χ2n) is 4.29. The molecule has 0 spiro atoms. The maximum Gasteiger partial charge on any atom is 0.387 e. The summed E-state index contributed by atoms with van der Waals surface area (Å²) in [4.78, 5) is 0. The number of hydrogen-bond donors (Lipinski definition) is 1. The van der Waals surface area contributed by atoms with Crippen LogP contribution < -0.4 is 10.1 Å². The minimum absolute atomic E-state index is 0.192. The van der Waals surface area contributed by atoms with Crippen molar-refractivity contribution in [2.75, 3.05) is 5.32 Å². The van der Waals surface area contributed by atoms with Gasteiger partial charge in [-0.15, -0.1) is 0 Å². The summed E-state index contributed by atoms with van der Waals surface area (Å²) in [6.45, 7) is 1.54. The highest BCUT2D eigenvalue weighted by Gasteiger charge is 2.07. The standard InChI is InChI=1S/C14H21F2NO/c1-3-5-6-11(4-2)17-12-7-9-13(10-8-12)18-14(15)16/h7-11,14,17H,3-6H2,1-2H3. The van der Waals surface area contributed by atoms with Crippen LogP contribution in [0.5, 0.6) is 5.75 Å². The van der Waals surface area contributed by atoms with E-state index in [0.717, 1.165) is 18.5 Å². The van der Waals surface area contributed by atoms with Crippen LogP contribution in [0.25, 0.3) is 0 Å². The molecule has 2 nitrogen and oxygen atoms in total. The molecule has 0 bridgehead atoms. The normalized spacial score (nSPS) is 12.5. The number of nitrogens with one attached hydrogen (secondary N) is 1. The predicted octanol–water partition coefficient (Wildman–Crippen LogP) is 4.67. The van der Waals surface area contributed by atoms with Crippen LogP contribution in [-0.4, -0.2) is 12.7 Å². The Balaban J connectivity index is 2.50. The third-order valence-corrected chi connectivity index (χ3v) is 2.85. The highest BCUT2D eigenvalue weighted by Crippen LogP contribution is 2.19. The Morgan fingerprint density at radius 1 is 1.17 bits per heavy atom. The summed E-state index contributed by atoms with van der Waals surface area (Å²) in [7, 11) is 0. The number of rotatable bonds is 8. The van der Waals surface area contributed by atoms with Crippen molar-refractivity contribution >= 4 is 5.69 Å². The molecule has 0 aliphatic carbocycles. The number of alkyl halides is 2. The van der Waals surface area contributed by atoms with Gasteiger partial charge in [-0.1, -0.05) is 26.7 Å². The molecule has 1 aromatic rings. The molecule has 0 aliphatic heterocycles. The van der Waals surface area contributed by atoms with Gasteiger partial charge >= 0.3 is 6.61 Å². The number of hydrogen-bond acceptors (Lipinski definition) is 2. The molecule has 0 saturated heterocycles. The largest absolute Gasteiger partial charge is 0.435 e. The van der Waals surface area contributed by atoms with Crippen molar-refractivity contribution in [2.45, 2.75) is 52.2 Å². The summed E-state index contributed by atoms with van der Waals surface area (Å²) in [5.74, 6) is 0.192. The van der Waals surface area contributed by atoms with Gasteiger partial charge in [-0.2, -0.15) is 8.78 Å². The molecule has 4 heteroatoms. The SMILES string of the molecule is CCCCC(CC)Nc1ccc(OC(F)F)cc1. The molecule has 18 heavy (non-hydrogen) atoms. The van der Waals surface area contributed by atoms with Crippen molar-refractivity contribution in [2.24, 2.45) is 0 Å². The molecule has 0 fully saturated rings. The molecule has 0 saturated carbocycles. The molecule has 0 aliphatic rings. The molecule has 1 unspecified atom stereocenters. The predicted molar refractivity (Wildman–Crippen MR) is 70.3 cm³/mol. The minimum atomic E-state index is -2.77. The molecule has 0 heterocycles. The van der Waals surface area contributed by atoms with Crippen LogP contribution in [-0.2, 0) is 0 Å². The first-order valence-electron chi connectivity index (χ1n) is 6.47. The first kappa shape index (κ1) is 14.7. The summed E-state index contributed by atoms with van der Waals surface area (Å²) in [5, 5.41) is 3.40. The zero-order chi connectivity index (χ0) is 13.4. The third kappa shape index (κ3) is 5.34. The zero-order valence-electron chi connectivity index (χ0n) is 11.0. The van der Waals surface area contributed by atoms with Crippen molar-refractivity contribution in [3.63, 3.8) is 0 Å². The van der Waals surface area contributed by atoms with Gasteiger partial charge in [0.15, 0.2) is 0 Å². The van der Waals surface area contributed by atoms with E-state index < -0.39 is 6.61 Å². The summed E-state index contributed by atoms with van der Waals surface area (Å²) in [6, 6.07) is 7.09. The van der Waals surface area contributed by atoms with Gasteiger partial charge < -0.3 is 10.1 Å². The van der Waals surface area contributed by atoms with Crippen LogP contribution in [0, 0.1) is 0 Å². The topological polar surface area (TPSA) is 21.3 Å². The lowest BCUT2D eigenvalue weighted by atomic mass is 10.1. The fraction of sp³-hybridized carbons (Fsp3) is 0.571. The van der Waals surface area contributed by atoms with Crippen LogP contribution in [0.15, 0.2) is 24.3 Å². The monoisotopic (exact) mass is 257 g/mol. The smallest absolute Gasteiger partial charge is 0.387 e. The molecule has 102 valence electrons. The van der Waals surface area contributed by atoms with Gasteiger partial charge in [0.1, 0.15) is 5.75 Å². The van der Waals surface area contributed by atoms with Gasteiger partial charge in [-0.3, -0.25) is 0 Å². The number of unbranched alkanes of at least 4 members (excludes halogenated alkanes) is 1. The summed E-state index contributed by atoms with van der Waals surface area (Å²) < 4.78 is 28.3. The molecule has 0 radical (unpaired) electrons. The molecule has 1 N–H and O–H groups in total. The summed E-state index contributed by atoms with van der Waals surface area (Å²) in [5.41, 5.74) is 0.944. The Morgan fingerprint density at radius 3 is 2.33 bits per heavy atom. The zero-order valence-corrected chi connectivity index (χ0v) is 11.0. The molecule has 1 atom stereocenters. The Hall–Kier alpha value is -1.32. The van der Waals surface area contributed by atoms with Crippen LogP contribution in [0.3, 0.4) is 0 Å². The van der Waals surface area contributed by atoms with E-state index in [2.05, 4.69) is 23.9 Å². The first-order valence-corrected chi connectivity index (χ1v) is 6.47.